The summed E-state index contributed by atoms with van der Waals surface area (Å²) in [6.07, 6.45) is 1.34. The van der Waals surface area contributed by atoms with Crippen LogP contribution in [0.25, 0.3) is 0 Å². The maximum absolute atomic E-state index is 5.33. The molecule has 0 bridgehead atoms. The molecule has 2 atom stereocenters. The Morgan fingerprint density at radius 2 is 2.20 bits per heavy atom. The Labute approximate surface area is 96.9 Å². The van der Waals surface area contributed by atoms with E-state index >= 15 is 0 Å². The predicted octanol–water partition coefficient (Wildman–Crippen LogP) is 0.802. The van der Waals surface area contributed by atoms with Gasteiger partial charge in [-0.3, -0.25) is 4.90 Å². The molecule has 88 valence electrons. The van der Waals surface area contributed by atoms with Crippen molar-refractivity contribution >= 4 is 11.8 Å². The second-order valence-electron chi connectivity index (χ2n) is 4.48. The van der Waals surface area contributed by atoms with Gasteiger partial charge < -0.3 is 10.1 Å². The summed E-state index contributed by atoms with van der Waals surface area (Å²) in [6, 6.07) is 0.756. The van der Waals surface area contributed by atoms with E-state index in [4.69, 9.17) is 4.74 Å². The molecule has 0 aliphatic carbocycles. The summed E-state index contributed by atoms with van der Waals surface area (Å²) in [4.78, 5) is 2.49. The lowest BCUT2D eigenvalue weighted by Crippen LogP contribution is -2.42. The van der Waals surface area contributed by atoms with E-state index in [1.807, 2.05) is 0 Å². The number of ether oxygens (including phenoxy) is 1. The minimum Gasteiger partial charge on any atom is -0.379 e. The Kier molecular flexibility index (Phi) is 4.75. The second kappa shape index (κ2) is 6.09. The van der Waals surface area contributed by atoms with Crippen LogP contribution in [0.15, 0.2) is 0 Å². The summed E-state index contributed by atoms with van der Waals surface area (Å²) in [5.41, 5.74) is 0. The molecule has 2 aliphatic rings. The van der Waals surface area contributed by atoms with Crippen LogP contribution in [-0.2, 0) is 4.74 Å². The van der Waals surface area contributed by atoms with Crippen molar-refractivity contribution in [2.75, 3.05) is 45.1 Å². The summed E-state index contributed by atoms with van der Waals surface area (Å²) in [5.74, 6) is 1.30. The quantitative estimate of drug-likeness (QED) is 0.772. The molecule has 0 spiro atoms. The molecule has 2 unspecified atom stereocenters. The number of morpholine rings is 1. The standard InChI is InChI=1S/C11H22N2OS/c1-10-8-11(9-15-10)12-2-3-13-4-6-14-7-5-13/h10-12H,2-9H2,1H3. The Hall–Kier alpha value is 0.230. The molecule has 2 rings (SSSR count). The van der Waals surface area contributed by atoms with Crippen LogP contribution >= 0.6 is 11.8 Å². The Balaban J connectivity index is 1.54. The van der Waals surface area contributed by atoms with Crippen molar-refractivity contribution < 1.29 is 4.74 Å². The van der Waals surface area contributed by atoms with Crippen LogP contribution in [0.2, 0.25) is 0 Å². The summed E-state index contributed by atoms with van der Waals surface area (Å²) >= 11 is 2.10. The van der Waals surface area contributed by atoms with Crippen LogP contribution in [0.1, 0.15) is 13.3 Å². The van der Waals surface area contributed by atoms with E-state index in [0.29, 0.717) is 0 Å². The zero-order chi connectivity index (χ0) is 10.5. The van der Waals surface area contributed by atoms with Crippen molar-refractivity contribution in [2.45, 2.75) is 24.6 Å². The molecular weight excluding hydrogens is 208 g/mol. The van der Waals surface area contributed by atoms with Gasteiger partial charge in [0.05, 0.1) is 13.2 Å². The van der Waals surface area contributed by atoms with Crippen molar-refractivity contribution in [3.05, 3.63) is 0 Å². The predicted molar refractivity (Wildman–Crippen MR) is 65.6 cm³/mol. The lowest BCUT2D eigenvalue weighted by atomic mass is 10.2. The fourth-order valence-electron chi connectivity index (χ4n) is 2.21. The first kappa shape index (κ1) is 11.7. The van der Waals surface area contributed by atoms with Crippen molar-refractivity contribution in [3.8, 4) is 0 Å². The van der Waals surface area contributed by atoms with Gasteiger partial charge in [0.1, 0.15) is 0 Å². The fourth-order valence-corrected chi connectivity index (χ4v) is 3.39. The Morgan fingerprint density at radius 3 is 2.87 bits per heavy atom. The first-order valence-electron chi connectivity index (χ1n) is 5.99. The van der Waals surface area contributed by atoms with Gasteiger partial charge in [-0.05, 0) is 6.42 Å². The van der Waals surface area contributed by atoms with Gasteiger partial charge in [0.25, 0.3) is 0 Å². The third kappa shape index (κ3) is 3.94. The average Bonchev–Trinajstić information content (AvgIpc) is 2.66. The van der Waals surface area contributed by atoms with Crippen LogP contribution in [0.4, 0.5) is 0 Å². The number of rotatable bonds is 4. The zero-order valence-corrected chi connectivity index (χ0v) is 10.4. The third-order valence-electron chi connectivity index (χ3n) is 3.16. The minimum atomic E-state index is 0.756. The molecule has 1 N–H and O–H groups in total. The van der Waals surface area contributed by atoms with E-state index in [-0.39, 0.29) is 0 Å². The summed E-state index contributed by atoms with van der Waals surface area (Å²) in [5, 5.41) is 4.51. The van der Waals surface area contributed by atoms with Gasteiger partial charge in [-0.15, -0.1) is 0 Å². The van der Waals surface area contributed by atoms with Gasteiger partial charge in [0.2, 0.25) is 0 Å². The highest BCUT2D eigenvalue weighted by atomic mass is 32.2. The zero-order valence-electron chi connectivity index (χ0n) is 9.58. The van der Waals surface area contributed by atoms with Crippen molar-refractivity contribution in [1.82, 2.24) is 10.2 Å². The Morgan fingerprint density at radius 1 is 1.40 bits per heavy atom. The van der Waals surface area contributed by atoms with E-state index in [9.17, 15) is 0 Å². The highest BCUT2D eigenvalue weighted by Crippen LogP contribution is 2.25. The van der Waals surface area contributed by atoms with Crippen molar-refractivity contribution in [2.24, 2.45) is 0 Å². The van der Waals surface area contributed by atoms with Gasteiger partial charge >= 0.3 is 0 Å². The molecule has 0 aromatic heterocycles. The van der Waals surface area contributed by atoms with Crippen LogP contribution in [0.5, 0.6) is 0 Å². The molecule has 0 aromatic rings. The minimum absolute atomic E-state index is 0.756. The fraction of sp³-hybridized carbons (Fsp3) is 1.00. The molecule has 4 heteroatoms. The summed E-state index contributed by atoms with van der Waals surface area (Å²) < 4.78 is 5.33. The van der Waals surface area contributed by atoms with E-state index in [0.717, 1.165) is 44.1 Å². The number of nitrogens with one attached hydrogen (secondary N) is 1. The van der Waals surface area contributed by atoms with Gasteiger partial charge in [0.15, 0.2) is 0 Å². The van der Waals surface area contributed by atoms with Crippen LogP contribution in [0, 0.1) is 0 Å². The van der Waals surface area contributed by atoms with Crippen LogP contribution in [-0.4, -0.2) is 61.3 Å². The number of hydrogen-bond donors (Lipinski definition) is 1. The van der Waals surface area contributed by atoms with Crippen molar-refractivity contribution in [3.63, 3.8) is 0 Å². The van der Waals surface area contributed by atoms with E-state index in [1.54, 1.807) is 0 Å². The molecule has 15 heavy (non-hydrogen) atoms. The first-order chi connectivity index (χ1) is 7.34. The molecular formula is C11H22N2OS. The monoisotopic (exact) mass is 230 g/mol. The van der Waals surface area contributed by atoms with Crippen LogP contribution in [0.3, 0.4) is 0 Å². The molecule has 2 heterocycles. The van der Waals surface area contributed by atoms with Gasteiger partial charge in [-0.2, -0.15) is 11.8 Å². The van der Waals surface area contributed by atoms with Gasteiger partial charge in [-0.1, -0.05) is 6.92 Å². The maximum atomic E-state index is 5.33. The first-order valence-corrected chi connectivity index (χ1v) is 7.04. The number of thioether (sulfide) groups is 1. The smallest absolute Gasteiger partial charge is 0.0594 e. The topological polar surface area (TPSA) is 24.5 Å². The van der Waals surface area contributed by atoms with Gasteiger partial charge in [-0.25, -0.2) is 0 Å². The molecule has 3 nitrogen and oxygen atoms in total. The third-order valence-corrected chi connectivity index (χ3v) is 4.52. The molecule has 2 aliphatic heterocycles. The molecule has 0 saturated carbocycles. The van der Waals surface area contributed by atoms with Crippen LogP contribution < -0.4 is 5.32 Å². The summed E-state index contributed by atoms with van der Waals surface area (Å²) in [6.45, 7) is 8.69. The second-order valence-corrected chi connectivity index (χ2v) is 5.96. The van der Waals surface area contributed by atoms with E-state index in [2.05, 4.69) is 28.9 Å². The highest BCUT2D eigenvalue weighted by Gasteiger charge is 2.21. The SMILES string of the molecule is CC1CC(NCCN2CCOCC2)CS1. The highest BCUT2D eigenvalue weighted by molar-refractivity contribution is 8.00. The number of nitrogens with zero attached hydrogens (tertiary/aromatic N) is 1. The molecule has 2 saturated heterocycles. The lowest BCUT2D eigenvalue weighted by molar-refractivity contribution is 0.0382. The normalized spacial score (nSPS) is 33.4. The van der Waals surface area contributed by atoms with E-state index in [1.165, 1.54) is 18.7 Å². The van der Waals surface area contributed by atoms with Gasteiger partial charge in [0, 0.05) is 43.2 Å². The van der Waals surface area contributed by atoms with Crippen molar-refractivity contribution in [1.29, 1.82) is 0 Å². The molecule has 0 radical (unpaired) electrons. The molecule has 2 fully saturated rings. The van der Waals surface area contributed by atoms with E-state index < -0.39 is 0 Å². The number of hydrogen-bond acceptors (Lipinski definition) is 4. The largest absolute Gasteiger partial charge is 0.379 e. The molecule has 0 amide bonds. The molecule has 0 aromatic carbocycles. The average molecular weight is 230 g/mol. The summed E-state index contributed by atoms with van der Waals surface area (Å²) in [7, 11) is 0. The Bertz CT molecular complexity index is 181. The lowest BCUT2D eigenvalue weighted by Gasteiger charge is -2.27. The maximum Gasteiger partial charge on any atom is 0.0594 e.